The van der Waals surface area contributed by atoms with Gasteiger partial charge in [0.25, 0.3) is 0 Å². The van der Waals surface area contributed by atoms with Crippen LogP contribution in [0, 0.1) is 11.3 Å². The number of nitrogens with zero attached hydrogens (tertiary/aromatic N) is 2. The summed E-state index contributed by atoms with van der Waals surface area (Å²) in [5, 5.41) is 34.6. The number of aliphatic carboxylic acids is 1. The number of hydrogen-bond acceptors (Lipinski definition) is 13. The number of nitrogens with one attached hydrogen (secondary N) is 2. The molecule has 242 valence electrons. The molecular formula is C28H38N4O12. The molecule has 0 aliphatic carbocycles. The first-order valence-corrected chi connectivity index (χ1v) is 14.0. The molecule has 0 aromatic heterocycles. The molecule has 2 aliphatic heterocycles. The number of carboxylic acids is 1. The second-order valence-electron chi connectivity index (χ2n) is 10.4. The maximum absolute atomic E-state index is 12.7. The van der Waals surface area contributed by atoms with E-state index in [-0.39, 0.29) is 50.1 Å². The predicted molar refractivity (Wildman–Crippen MR) is 148 cm³/mol. The summed E-state index contributed by atoms with van der Waals surface area (Å²) in [6, 6.07) is 6.13. The van der Waals surface area contributed by atoms with Crippen molar-refractivity contribution >= 4 is 23.9 Å². The summed E-state index contributed by atoms with van der Waals surface area (Å²) in [7, 11) is 0. The molecule has 16 nitrogen and oxygen atoms in total. The molecule has 0 spiro atoms. The zero-order chi connectivity index (χ0) is 32.1. The van der Waals surface area contributed by atoms with E-state index in [9.17, 15) is 29.5 Å². The molecule has 2 heterocycles. The molecule has 3 rings (SSSR count). The number of carbonyl (C=O) groups excluding carboxylic acids is 3. The van der Waals surface area contributed by atoms with Crippen molar-refractivity contribution in [2.24, 2.45) is 0 Å². The van der Waals surface area contributed by atoms with Crippen LogP contribution in [0.3, 0.4) is 0 Å². The molecule has 0 saturated carbocycles. The Bertz CT molecular complexity index is 1200. The van der Waals surface area contributed by atoms with Crippen molar-refractivity contribution < 1.29 is 57.8 Å². The van der Waals surface area contributed by atoms with E-state index in [4.69, 9.17) is 33.5 Å². The number of amides is 2. The molecule has 1 aromatic rings. The van der Waals surface area contributed by atoms with Crippen LogP contribution in [-0.4, -0.2) is 129 Å². The van der Waals surface area contributed by atoms with Crippen molar-refractivity contribution in [3.63, 3.8) is 0 Å². The standard InChI is InChI=1S/C28H38N4O12/c1-28(2)42-17-21(44-28)16-41-25(36)23(43-26(37)24(34)35)12-18-3-4-22(19(11-18)13-29)40-15-20(33)14-30-5-6-31-27(38)32-7-9-39-10-8-32/h3-4,11,20-21,23,30,33H,5-10,12,14-17H2,1-2H3,(H,31,38)(H,34,35)/t20-,21?,23?/m0/s1. The fourth-order valence-electron chi connectivity index (χ4n) is 4.25. The fraction of sp³-hybridized carbons (Fsp3) is 0.607. The van der Waals surface area contributed by atoms with Gasteiger partial charge in [0, 0.05) is 39.1 Å². The van der Waals surface area contributed by atoms with Crippen LogP contribution in [0.15, 0.2) is 18.2 Å². The summed E-state index contributed by atoms with van der Waals surface area (Å²) >= 11 is 0. The molecule has 3 atom stereocenters. The number of nitriles is 1. The monoisotopic (exact) mass is 622 g/mol. The number of ether oxygens (including phenoxy) is 6. The summed E-state index contributed by atoms with van der Waals surface area (Å²) in [5.74, 6) is -5.21. The first kappa shape index (κ1) is 34.5. The highest BCUT2D eigenvalue weighted by molar-refractivity contribution is 6.28. The molecule has 44 heavy (non-hydrogen) atoms. The van der Waals surface area contributed by atoms with Gasteiger partial charge in [0.15, 0.2) is 5.79 Å². The van der Waals surface area contributed by atoms with Crippen molar-refractivity contribution in [1.29, 1.82) is 5.26 Å². The van der Waals surface area contributed by atoms with Crippen LogP contribution in [0.5, 0.6) is 5.75 Å². The number of rotatable bonds is 14. The average molecular weight is 623 g/mol. The average Bonchev–Trinajstić information content (AvgIpc) is 3.36. The highest BCUT2D eigenvalue weighted by Gasteiger charge is 2.35. The number of carbonyl (C=O) groups is 4. The first-order valence-electron chi connectivity index (χ1n) is 14.0. The van der Waals surface area contributed by atoms with Crippen molar-refractivity contribution in [3.05, 3.63) is 29.3 Å². The molecule has 2 amide bonds. The first-order chi connectivity index (χ1) is 21.0. The van der Waals surface area contributed by atoms with Crippen LogP contribution in [0.25, 0.3) is 0 Å². The second kappa shape index (κ2) is 16.7. The smallest absolute Gasteiger partial charge is 0.418 e. The van der Waals surface area contributed by atoms with E-state index >= 15 is 0 Å². The minimum atomic E-state index is -1.88. The van der Waals surface area contributed by atoms with E-state index in [1.165, 1.54) is 18.2 Å². The summed E-state index contributed by atoms with van der Waals surface area (Å²) < 4.78 is 31.8. The van der Waals surface area contributed by atoms with E-state index in [1.807, 2.05) is 6.07 Å². The third kappa shape index (κ3) is 11.2. The molecule has 2 fully saturated rings. The summed E-state index contributed by atoms with van der Waals surface area (Å²) in [5.41, 5.74) is 0.431. The number of aliphatic hydroxyl groups excluding tert-OH is 1. The van der Waals surface area contributed by atoms with Gasteiger partial charge in [0.05, 0.1) is 25.4 Å². The lowest BCUT2D eigenvalue weighted by Gasteiger charge is -2.27. The molecule has 1 aromatic carbocycles. The summed E-state index contributed by atoms with van der Waals surface area (Å²) in [4.78, 5) is 49.2. The summed E-state index contributed by atoms with van der Waals surface area (Å²) in [6.45, 7) is 6.26. The Morgan fingerprint density at radius 2 is 1.95 bits per heavy atom. The lowest BCUT2D eigenvalue weighted by Crippen LogP contribution is -2.47. The van der Waals surface area contributed by atoms with Crippen molar-refractivity contribution in [2.75, 3.05) is 65.8 Å². The Hall–Kier alpha value is -4.01. The van der Waals surface area contributed by atoms with E-state index in [0.717, 1.165) is 0 Å². The normalized spacial score (nSPS) is 18.9. The molecule has 0 radical (unpaired) electrons. The predicted octanol–water partition coefficient (Wildman–Crippen LogP) is -0.837. The lowest BCUT2D eigenvalue weighted by atomic mass is 10.0. The van der Waals surface area contributed by atoms with Gasteiger partial charge in [-0.25, -0.2) is 19.2 Å². The molecule has 2 saturated heterocycles. The van der Waals surface area contributed by atoms with Crippen LogP contribution in [0.2, 0.25) is 0 Å². The molecule has 2 aliphatic rings. The van der Waals surface area contributed by atoms with Gasteiger partial charge < -0.3 is 54.2 Å². The number of morpholine rings is 1. The van der Waals surface area contributed by atoms with Crippen molar-refractivity contribution in [3.8, 4) is 11.8 Å². The minimum absolute atomic E-state index is 0.0731. The van der Waals surface area contributed by atoms with Gasteiger partial charge in [0.2, 0.25) is 6.10 Å². The Labute approximate surface area is 254 Å². The second-order valence-corrected chi connectivity index (χ2v) is 10.4. The summed E-state index contributed by atoms with van der Waals surface area (Å²) in [6.07, 6.45) is -3.38. The Kier molecular flexibility index (Phi) is 13.1. The van der Waals surface area contributed by atoms with Crippen molar-refractivity contribution in [2.45, 2.75) is 44.4 Å². The number of urea groups is 1. The zero-order valence-electron chi connectivity index (χ0n) is 24.6. The molecular weight excluding hydrogens is 584 g/mol. The van der Waals surface area contributed by atoms with Gasteiger partial charge in [-0.05, 0) is 31.5 Å². The molecule has 0 bridgehead atoms. The van der Waals surface area contributed by atoms with E-state index in [0.29, 0.717) is 45.0 Å². The number of carboxylic acid groups (broad SMARTS) is 1. The maximum Gasteiger partial charge on any atom is 0.418 e. The van der Waals surface area contributed by atoms with Crippen LogP contribution in [0.4, 0.5) is 4.79 Å². The number of hydrogen-bond donors (Lipinski definition) is 4. The van der Waals surface area contributed by atoms with Gasteiger partial charge in [0.1, 0.15) is 37.2 Å². The zero-order valence-corrected chi connectivity index (χ0v) is 24.6. The maximum atomic E-state index is 12.7. The third-order valence-electron chi connectivity index (χ3n) is 6.44. The van der Waals surface area contributed by atoms with Crippen LogP contribution in [-0.2, 0) is 44.5 Å². The molecule has 16 heteroatoms. The lowest BCUT2D eigenvalue weighted by molar-refractivity contribution is -0.178. The fourth-order valence-corrected chi connectivity index (χ4v) is 4.25. The van der Waals surface area contributed by atoms with E-state index < -0.39 is 42.0 Å². The van der Waals surface area contributed by atoms with Gasteiger partial charge in [-0.2, -0.15) is 5.26 Å². The van der Waals surface area contributed by atoms with E-state index in [1.54, 1.807) is 18.7 Å². The Morgan fingerprint density at radius 3 is 2.61 bits per heavy atom. The van der Waals surface area contributed by atoms with E-state index in [2.05, 4.69) is 10.6 Å². The van der Waals surface area contributed by atoms with Crippen LogP contribution in [0.1, 0.15) is 25.0 Å². The van der Waals surface area contributed by atoms with Crippen LogP contribution >= 0.6 is 0 Å². The SMILES string of the molecule is CC1(C)OCC(COC(=O)C(Cc2ccc(OC[C@@H](O)CNCCNC(=O)N3CCOCC3)c(C#N)c2)OC(=O)C(=O)O)O1. The number of esters is 2. The highest BCUT2D eigenvalue weighted by Crippen LogP contribution is 2.23. The molecule has 2 unspecified atom stereocenters. The number of benzene rings is 1. The highest BCUT2D eigenvalue weighted by atomic mass is 16.7. The largest absolute Gasteiger partial charge is 0.489 e. The third-order valence-corrected chi connectivity index (χ3v) is 6.44. The van der Waals surface area contributed by atoms with Gasteiger partial charge >= 0.3 is 23.9 Å². The Morgan fingerprint density at radius 1 is 1.20 bits per heavy atom. The van der Waals surface area contributed by atoms with Crippen LogP contribution < -0.4 is 15.4 Å². The molecule has 4 N–H and O–H groups in total. The van der Waals surface area contributed by atoms with Gasteiger partial charge in [-0.3, -0.25) is 0 Å². The van der Waals surface area contributed by atoms with Gasteiger partial charge in [-0.15, -0.1) is 0 Å². The minimum Gasteiger partial charge on any atom is -0.489 e. The topological polar surface area (TPSA) is 215 Å². The Balaban J connectivity index is 1.47. The quantitative estimate of drug-likeness (QED) is 0.113. The van der Waals surface area contributed by atoms with Gasteiger partial charge in [-0.1, -0.05) is 6.07 Å². The van der Waals surface area contributed by atoms with Crippen molar-refractivity contribution in [1.82, 2.24) is 15.5 Å². The number of aliphatic hydroxyl groups is 1.